The molecular formula is C34H40ClN3O10Si. The maximum atomic E-state index is 13.7. The molecule has 262 valence electrons. The van der Waals surface area contributed by atoms with Crippen LogP contribution in [0.2, 0.25) is 24.8 Å². The highest BCUT2D eigenvalue weighted by Gasteiger charge is 2.63. The van der Waals surface area contributed by atoms with Crippen molar-refractivity contribution in [3.8, 4) is 11.5 Å². The summed E-state index contributed by atoms with van der Waals surface area (Å²) in [7, 11) is -2.22. The summed E-state index contributed by atoms with van der Waals surface area (Å²) < 4.78 is 36.9. The van der Waals surface area contributed by atoms with Crippen LogP contribution in [0.15, 0.2) is 48.8 Å². The van der Waals surface area contributed by atoms with Gasteiger partial charge in [0.25, 0.3) is 5.60 Å². The third-order valence-corrected chi connectivity index (χ3v) is 8.44. The van der Waals surface area contributed by atoms with Gasteiger partial charge in [-0.3, -0.25) is 14.2 Å². The monoisotopic (exact) mass is 713 g/mol. The van der Waals surface area contributed by atoms with Crippen LogP contribution in [0, 0.1) is 11.5 Å². The molecule has 49 heavy (non-hydrogen) atoms. The molecule has 1 saturated heterocycles. The second-order valence-corrected chi connectivity index (χ2v) is 17.4. The van der Waals surface area contributed by atoms with Gasteiger partial charge in [-0.2, -0.15) is 0 Å². The van der Waals surface area contributed by atoms with E-state index in [0.717, 1.165) is 0 Å². The Morgan fingerprint density at radius 3 is 2.22 bits per heavy atom. The molecule has 0 saturated carbocycles. The molecule has 0 N–H and O–H groups in total. The van der Waals surface area contributed by atoms with Gasteiger partial charge in [0.05, 0.1) is 26.1 Å². The molecule has 1 aliphatic heterocycles. The molecule has 3 aromatic rings. The van der Waals surface area contributed by atoms with Gasteiger partial charge in [-0.1, -0.05) is 67.5 Å². The van der Waals surface area contributed by atoms with Crippen LogP contribution in [-0.4, -0.2) is 89.7 Å². The number of benzene rings is 1. The number of aromatic nitrogens is 3. The van der Waals surface area contributed by atoms with Crippen LogP contribution < -0.4 is 0 Å². The van der Waals surface area contributed by atoms with Crippen LogP contribution >= 0.6 is 11.6 Å². The lowest BCUT2D eigenvalue weighted by atomic mass is 9.91. The number of ether oxygens (including phenoxy) is 6. The number of hydrogen-bond donors (Lipinski definition) is 0. The standard InChI is InChI=1S/C34H40ClN3O10Si/c1-8-43-31(41)34(32(42)44-9-2,19-24-13-11-10-12-14-24)45-20-26-33(48-23(4)40,17-18-49(5,6)7)28(46-22(3)39)30(47-26)38-21-36-25-15-16-27(35)37-29(25)38/h10-16,21,26,28,30H,8-9,19-20H2,1-7H3/t26-,28+,30-,33-/m1/s1. The Kier molecular flexibility index (Phi) is 11.9. The van der Waals surface area contributed by atoms with Crippen molar-refractivity contribution in [2.75, 3.05) is 19.8 Å². The number of nitrogens with zero attached hydrogens (tertiary/aromatic N) is 3. The number of carbonyl (C=O) groups excluding carboxylic acids is 4. The lowest BCUT2D eigenvalue weighted by Gasteiger charge is -2.35. The first-order chi connectivity index (χ1) is 23.2. The Bertz CT molecular complexity index is 1730. The highest BCUT2D eigenvalue weighted by molar-refractivity contribution is 6.83. The topological polar surface area (TPSA) is 154 Å². The minimum absolute atomic E-state index is 0.0585. The van der Waals surface area contributed by atoms with E-state index in [4.69, 9.17) is 40.0 Å². The summed E-state index contributed by atoms with van der Waals surface area (Å²) in [4.78, 5) is 61.8. The summed E-state index contributed by atoms with van der Waals surface area (Å²) in [6.07, 6.45) is -2.84. The van der Waals surface area contributed by atoms with E-state index in [1.165, 1.54) is 24.7 Å². The molecule has 1 aromatic carbocycles. The Morgan fingerprint density at radius 1 is 1.00 bits per heavy atom. The number of hydrogen-bond acceptors (Lipinski definition) is 12. The van der Waals surface area contributed by atoms with Crippen molar-refractivity contribution in [2.45, 2.75) is 83.4 Å². The number of esters is 4. The summed E-state index contributed by atoms with van der Waals surface area (Å²) in [5.41, 5.74) is 0.214. The first kappa shape index (κ1) is 37.5. The molecule has 4 atom stereocenters. The van der Waals surface area contributed by atoms with Crippen molar-refractivity contribution in [3.05, 3.63) is 59.5 Å². The molecule has 0 bridgehead atoms. The van der Waals surface area contributed by atoms with Crippen LogP contribution in [0.25, 0.3) is 11.2 Å². The Labute approximate surface area is 290 Å². The van der Waals surface area contributed by atoms with Crippen LogP contribution in [0.5, 0.6) is 0 Å². The van der Waals surface area contributed by atoms with Gasteiger partial charge < -0.3 is 28.4 Å². The van der Waals surface area contributed by atoms with Gasteiger partial charge in [-0.15, -0.1) is 5.54 Å². The van der Waals surface area contributed by atoms with E-state index in [9.17, 15) is 19.2 Å². The Hall–Kier alpha value is -4.29. The average Bonchev–Trinajstić information content (AvgIpc) is 3.56. The largest absolute Gasteiger partial charge is 0.463 e. The molecule has 0 amide bonds. The number of halogens is 1. The van der Waals surface area contributed by atoms with Crippen molar-refractivity contribution in [2.24, 2.45) is 0 Å². The van der Waals surface area contributed by atoms with Crippen molar-refractivity contribution in [1.82, 2.24) is 14.5 Å². The molecule has 2 aromatic heterocycles. The van der Waals surface area contributed by atoms with Gasteiger partial charge in [0.15, 0.2) is 11.9 Å². The predicted molar refractivity (Wildman–Crippen MR) is 180 cm³/mol. The van der Waals surface area contributed by atoms with Gasteiger partial charge in [-0.25, -0.2) is 19.6 Å². The first-order valence-electron chi connectivity index (χ1n) is 15.7. The third-order valence-electron chi connectivity index (χ3n) is 7.35. The summed E-state index contributed by atoms with van der Waals surface area (Å²) in [6, 6.07) is 11.9. The molecule has 0 unspecified atom stereocenters. The molecule has 0 radical (unpaired) electrons. The molecular weight excluding hydrogens is 674 g/mol. The predicted octanol–water partition coefficient (Wildman–Crippen LogP) is 4.22. The van der Waals surface area contributed by atoms with Gasteiger partial charge in [0.1, 0.15) is 24.8 Å². The zero-order valence-corrected chi connectivity index (χ0v) is 30.2. The number of fused-ring (bicyclic) bond motifs is 1. The van der Waals surface area contributed by atoms with E-state index in [1.807, 2.05) is 19.6 Å². The van der Waals surface area contributed by atoms with Crippen LogP contribution in [-0.2, 0) is 54.0 Å². The second-order valence-electron chi connectivity index (χ2n) is 12.3. The van der Waals surface area contributed by atoms with E-state index in [0.29, 0.717) is 11.1 Å². The number of imidazole rings is 1. The highest BCUT2D eigenvalue weighted by atomic mass is 35.5. The fraction of sp³-hybridized carbons (Fsp3) is 0.471. The zero-order valence-electron chi connectivity index (χ0n) is 28.5. The smallest absolute Gasteiger partial charge is 0.350 e. The maximum Gasteiger partial charge on any atom is 0.350 e. The van der Waals surface area contributed by atoms with Crippen molar-refractivity contribution in [3.63, 3.8) is 0 Å². The van der Waals surface area contributed by atoms with E-state index < -0.39 is 68.2 Å². The third kappa shape index (κ3) is 8.48. The Balaban J connectivity index is 1.93. The first-order valence-corrected chi connectivity index (χ1v) is 19.6. The molecule has 0 spiro atoms. The summed E-state index contributed by atoms with van der Waals surface area (Å²) in [5.74, 6) is -0.379. The number of carbonyl (C=O) groups is 4. The minimum atomic E-state index is -2.31. The zero-order chi connectivity index (χ0) is 36.0. The highest BCUT2D eigenvalue weighted by Crippen LogP contribution is 2.44. The quantitative estimate of drug-likeness (QED) is 0.0659. The van der Waals surface area contributed by atoms with E-state index >= 15 is 0 Å². The summed E-state index contributed by atoms with van der Waals surface area (Å²) in [5, 5.41) is 0.163. The molecule has 4 rings (SSSR count). The van der Waals surface area contributed by atoms with E-state index in [-0.39, 0.29) is 30.4 Å². The second kappa shape index (κ2) is 15.5. The van der Waals surface area contributed by atoms with Crippen LogP contribution in [0.4, 0.5) is 0 Å². The lowest BCUT2D eigenvalue weighted by molar-refractivity contribution is -0.200. The maximum absolute atomic E-state index is 13.7. The van der Waals surface area contributed by atoms with E-state index in [1.54, 1.807) is 56.3 Å². The normalized spacial score (nSPS) is 20.6. The lowest BCUT2D eigenvalue weighted by Crippen LogP contribution is -2.57. The van der Waals surface area contributed by atoms with Gasteiger partial charge in [0, 0.05) is 20.3 Å². The van der Waals surface area contributed by atoms with Crippen LogP contribution in [0.3, 0.4) is 0 Å². The fourth-order valence-corrected chi connectivity index (χ4v) is 6.04. The average molecular weight is 714 g/mol. The van der Waals surface area contributed by atoms with E-state index in [2.05, 4.69) is 21.4 Å². The molecule has 15 heteroatoms. The van der Waals surface area contributed by atoms with Gasteiger partial charge >= 0.3 is 23.9 Å². The van der Waals surface area contributed by atoms with Crippen LogP contribution in [0.1, 0.15) is 39.5 Å². The molecule has 1 fully saturated rings. The summed E-state index contributed by atoms with van der Waals surface area (Å²) in [6.45, 7) is 10.8. The van der Waals surface area contributed by atoms with Gasteiger partial charge in [0.2, 0.25) is 11.7 Å². The number of rotatable bonds is 12. The van der Waals surface area contributed by atoms with Gasteiger partial charge in [-0.05, 0) is 31.5 Å². The minimum Gasteiger partial charge on any atom is -0.463 e. The van der Waals surface area contributed by atoms with Crippen molar-refractivity contribution in [1.29, 1.82) is 0 Å². The van der Waals surface area contributed by atoms with Crippen molar-refractivity contribution >= 4 is 54.7 Å². The fourth-order valence-electron chi connectivity index (χ4n) is 5.33. The molecule has 0 aliphatic carbocycles. The molecule has 1 aliphatic rings. The SMILES string of the molecule is CCOC(=O)C(Cc1ccccc1)(OC[C@H]1O[C@@H](n2cnc3ccc(Cl)nc32)[C@H](OC(C)=O)[C@]1(C#C[Si](C)(C)C)OC(C)=O)C(=O)OCC. The Morgan fingerprint density at radius 2 is 1.65 bits per heavy atom. The molecule has 3 heterocycles. The summed E-state index contributed by atoms with van der Waals surface area (Å²) >= 11 is 6.23. The molecule has 13 nitrogen and oxygen atoms in total. The van der Waals surface area contributed by atoms with Crippen molar-refractivity contribution < 1.29 is 47.6 Å². The number of pyridine rings is 1.